The van der Waals surface area contributed by atoms with Crippen LogP contribution in [0.15, 0.2) is 30.3 Å². The Bertz CT molecular complexity index is 320. The van der Waals surface area contributed by atoms with Crippen molar-refractivity contribution in [3.63, 3.8) is 0 Å². The molecule has 0 fully saturated rings. The van der Waals surface area contributed by atoms with E-state index in [0.29, 0.717) is 5.56 Å². The quantitative estimate of drug-likeness (QED) is 0.409. The molecule has 1 aromatic rings. The Morgan fingerprint density at radius 1 is 1.17 bits per heavy atom. The van der Waals surface area contributed by atoms with Crippen LogP contribution in [0.25, 0.3) is 0 Å². The molecule has 0 saturated carbocycles. The number of benzene rings is 1. The van der Waals surface area contributed by atoms with E-state index in [2.05, 4.69) is 0 Å². The molecule has 1 rings (SSSR count). The Labute approximate surface area is 114 Å². The van der Waals surface area contributed by atoms with Gasteiger partial charge in [0.1, 0.15) is 0 Å². The van der Waals surface area contributed by atoms with Gasteiger partial charge >= 0.3 is 51.4 Å². The van der Waals surface area contributed by atoms with Crippen LogP contribution in [-0.2, 0) is 15.9 Å². The van der Waals surface area contributed by atoms with Crippen molar-refractivity contribution in [3.8, 4) is 0 Å². The molecule has 0 radical (unpaired) electrons. The number of hydrogen-bond donors (Lipinski definition) is 0. The molecule has 1 aromatic carbocycles. The minimum Gasteiger partial charge on any atom is -0.748 e. The molecule has 0 aliphatic carbocycles. The second kappa shape index (κ2) is 5.49. The molecule has 0 saturated heterocycles. The van der Waals surface area contributed by atoms with Gasteiger partial charge in [-0.15, -0.1) is 0 Å². The molecule has 0 N–H and O–H groups in total. The molecule has 60 valence electrons. The van der Waals surface area contributed by atoms with Crippen LogP contribution in [0, 0.1) is 0 Å². The average Bonchev–Trinajstić information content (AvgIpc) is 1.85. The van der Waals surface area contributed by atoms with E-state index in [1.165, 1.54) is 0 Å². The van der Waals surface area contributed by atoms with E-state index in [1.807, 2.05) is 0 Å². The summed E-state index contributed by atoms with van der Waals surface area (Å²) in [5.41, 5.74) is 0.530. The second-order valence-corrected chi connectivity index (χ2v) is 3.59. The topological polar surface area (TPSA) is 57.2 Å². The zero-order chi connectivity index (χ0) is 8.32. The Morgan fingerprint density at radius 3 is 2.08 bits per heavy atom. The number of hydrogen-bond acceptors (Lipinski definition) is 3. The smallest absolute Gasteiger partial charge is 0.748 e. The van der Waals surface area contributed by atoms with E-state index >= 15 is 0 Å². The van der Waals surface area contributed by atoms with Gasteiger partial charge in [0, 0.05) is 0 Å². The SMILES string of the molecule is O=S(=O)([O-])Cc1ccccc1.[K+]. The normalized spacial score (nSPS) is 10.4. The maximum absolute atomic E-state index is 10.2. The maximum Gasteiger partial charge on any atom is 1.00 e. The predicted octanol–water partition coefficient (Wildman–Crippen LogP) is -2.26. The summed E-state index contributed by atoms with van der Waals surface area (Å²) in [5.74, 6) is -0.423. The van der Waals surface area contributed by atoms with Crippen LogP contribution in [0.4, 0.5) is 0 Å². The average molecular weight is 210 g/mol. The monoisotopic (exact) mass is 210 g/mol. The summed E-state index contributed by atoms with van der Waals surface area (Å²) in [5, 5.41) is 0. The second-order valence-electron chi connectivity index (χ2n) is 2.19. The first kappa shape index (κ1) is 12.8. The van der Waals surface area contributed by atoms with Gasteiger partial charge in [0.05, 0.1) is 15.9 Å². The molecule has 0 aliphatic heterocycles. The summed E-state index contributed by atoms with van der Waals surface area (Å²) in [6.07, 6.45) is 0. The minimum absolute atomic E-state index is 0. The van der Waals surface area contributed by atoms with Crippen molar-refractivity contribution in [2.45, 2.75) is 5.75 Å². The molecule has 0 spiro atoms. The Morgan fingerprint density at radius 2 is 1.67 bits per heavy atom. The fourth-order valence-corrected chi connectivity index (χ4v) is 1.38. The van der Waals surface area contributed by atoms with E-state index in [0.717, 1.165) is 0 Å². The van der Waals surface area contributed by atoms with Gasteiger partial charge in [0.2, 0.25) is 0 Å². The van der Waals surface area contributed by atoms with Crippen LogP contribution < -0.4 is 51.4 Å². The van der Waals surface area contributed by atoms with E-state index in [9.17, 15) is 13.0 Å². The zero-order valence-electron chi connectivity index (χ0n) is 6.73. The maximum atomic E-state index is 10.2. The van der Waals surface area contributed by atoms with Crippen molar-refractivity contribution in [3.05, 3.63) is 35.9 Å². The van der Waals surface area contributed by atoms with E-state index in [4.69, 9.17) is 0 Å². The molecular formula is C7H7KO3S. The van der Waals surface area contributed by atoms with E-state index in [1.54, 1.807) is 30.3 Å². The van der Waals surface area contributed by atoms with Crippen LogP contribution in [0.2, 0.25) is 0 Å². The third-order valence-electron chi connectivity index (χ3n) is 1.19. The largest absolute Gasteiger partial charge is 1.00 e. The van der Waals surface area contributed by atoms with Crippen molar-refractivity contribution in [1.82, 2.24) is 0 Å². The van der Waals surface area contributed by atoms with Gasteiger partial charge in [-0.1, -0.05) is 30.3 Å². The number of rotatable bonds is 2. The van der Waals surface area contributed by atoms with Crippen molar-refractivity contribution >= 4 is 10.1 Å². The van der Waals surface area contributed by atoms with Gasteiger partial charge in [-0.3, -0.25) is 0 Å². The molecular weight excluding hydrogens is 203 g/mol. The predicted molar refractivity (Wildman–Crippen MR) is 39.8 cm³/mol. The first-order chi connectivity index (χ1) is 5.08. The molecule has 0 heterocycles. The van der Waals surface area contributed by atoms with Crippen LogP contribution in [0.5, 0.6) is 0 Å². The molecule has 0 unspecified atom stereocenters. The third-order valence-corrected chi connectivity index (χ3v) is 1.87. The van der Waals surface area contributed by atoms with Gasteiger partial charge in [-0.05, 0) is 5.56 Å². The molecule has 0 bridgehead atoms. The summed E-state index contributed by atoms with van der Waals surface area (Å²) in [7, 11) is -4.13. The Balaban J connectivity index is 0.00000121. The van der Waals surface area contributed by atoms with E-state index in [-0.39, 0.29) is 51.4 Å². The van der Waals surface area contributed by atoms with Gasteiger partial charge in [-0.2, -0.15) is 0 Å². The first-order valence-electron chi connectivity index (χ1n) is 3.05. The molecule has 5 heteroatoms. The van der Waals surface area contributed by atoms with Crippen LogP contribution in [0.1, 0.15) is 5.56 Å². The van der Waals surface area contributed by atoms with Gasteiger partial charge in [-0.25, -0.2) is 8.42 Å². The Hall–Kier alpha value is 0.766. The van der Waals surface area contributed by atoms with Gasteiger partial charge in [0.25, 0.3) is 0 Å². The van der Waals surface area contributed by atoms with Crippen LogP contribution in [-0.4, -0.2) is 13.0 Å². The minimum atomic E-state index is -4.13. The fraction of sp³-hybridized carbons (Fsp3) is 0.143. The molecule has 0 amide bonds. The molecule has 0 atom stereocenters. The molecule has 0 aliphatic rings. The third kappa shape index (κ3) is 5.42. The Kier molecular flexibility index (Phi) is 5.84. The molecule has 12 heavy (non-hydrogen) atoms. The summed E-state index contributed by atoms with van der Waals surface area (Å²) in [6, 6.07) is 8.37. The van der Waals surface area contributed by atoms with Crippen LogP contribution >= 0.6 is 0 Å². The summed E-state index contributed by atoms with van der Waals surface area (Å²) in [4.78, 5) is 0. The molecule has 3 nitrogen and oxygen atoms in total. The summed E-state index contributed by atoms with van der Waals surface area (Å²) >= 11 is 0. The van der Waals surface area contributed by atoms with E-state index < -0.39 is 15.9 Å². The van der Waals surface area contributed by atoms with Gasteiger partial charge in [0.15, 0.2) is 0 Å². The zero-order valence-corrected chi connectivity index (χ0v) is 10.7. The van der Waals surface area contributed by atoms with Crippen molar-refractivity contribution in [2.24, 2.45) is 0 Å². The fourth-order valence-electron chi connectivity index (χ4n) is 0.778. The summed E-state index contributed by atoms with van der Waals surface area (Å²) < 4.78 is 30.7. The van der Waals surface area contributed by atoms with Crippen molar-refractivity contribution in [2.75, 3.05) is 0 Å². The van der Waals surface area contributed by atoms with Gasteiger partial charge < -0.3 is 4.55 Å². The van der Waals surface area contributed by atoms with Crippen molar-refractivity contribution in [1.29, 1.82) is 0 Å². The summed E-state index contributed by atoms with van der Waals surface area (Å²) in [6.45, 7) is 0. The first-order valence-corrected chi connectivity index (χ1v) is 4.63. The van der Waals surface area contributed by atoms with Crippen LogP contribution in [0.3, 0.4) is 0 Å². The molecule has 0 aromatic heterocycles. The standard InChI is InChI=1S/C7H8O3S.K/c8-11(9,10)6-7-4-2-1-3-5-7;/h1-5H,6H2,(H,8,9,10);/q;+1/p-1. The van der Waals surface area contributed by atoms with Crippen molar-refractivity contribution < 1.29 is 64.4 Å².